The average molecular weight is 342 g/mol. The maximum Gasteiger partial charge on any atom is 0.228 e. The lowest BCUT2D eigenvalue weighted by molar-refractivity contribution is -0.141. The quantitative estimate of drug-likeness (QED) is 0.843. The molecule has 0 aromatic heterocycles. The van der Waals surface area contributed by atoms with Crippen LogP contribution in [0.4, 0.5) is 0 Å². The lowest BCUT2D eigenvalue weighted by atomic mass is 9.98. The van der Waals surface area contributed by atoms with E-state index in [9.17, 15) is 4.79 Å². The fourth-order valence-electron chi connectivity index (χ4n) is 4.94. The smallest absolute Gasteiger partial charge is 0.228 e. The summed E-state index contributed by atoms with van der Waals surface area (Å²) in [4.78, 5) is 17.9. The van der Waals surface area contributed by atoms with Crippen molar-refractivity contribution in [2.45, 2.75) is 57.2 Å². The fraction of sp³-hybridized carbons (Fsp3) is 0.667. The maximum atomic E-state index is 13.1. The van der Waals surface area contributed by atoms with Gasteiger partial charge in [-0.3, -0.25) is 9.69 Å². The molecule has 4 nitrogen and oxygen atoms in total. The van der Waals surface area contributed by atoms with E-state index >= 15 is 0 Å². The third-order valence-corrected chi connectivity index (χ3v) is 6.18. The normalized spacial score (nSPS) is 30.7. The molecule has 1 aromatic rings. The monoisotopic (exact) mass is 342 g/mol. The number of carbonyl (C=O) groups excluding carboxylic acids is 1. The zero-order chi connectivity index (χ0) is 17.1. The van der Waals surface area contributed by atoms with Crippen molar-refractivity contribution in [3.05, 3.63) is 35.9 Å². The average Bonchev–Trinajstić information content (AvgIpc) is 3.31. The summed E-state index contributed by atoms with van der Waals surface area (Å²) >= 11 is 0. The Morgan fingerprint density at radius 2 is 1.80 bits per heavy atom. The molecule has 0 radical (unpaired) electrons. The van der Waals surface area contributed by atoms with Gasteiger partial charge in [0.2, 0.25) is 5.91 Å². The summed E-state index contributed by atoms with van der Waals surface area (Å²) in [6, 6.07) is 11.7. The van der Waals surface area contributed by atoms with E-state index < -0.39 is 0 Å². The highest BCUT2D eigenvalue weighted by atomic mass is 16.5. The number of rotatable bonds is 4. The van der Waals surface area contributed by atoms with Gasteiger partial charge in [0, 0.05) is 31.8 Å². The fourth-order valence-corrected chi connectivity index (χ4v) is 4.94. The third kappa shape index (κ3) is 3.75. The number of likely N-dealkylation sites (tertiary alicyclic amines) is 2. The molecule has 0 aliphatic carbocycles. The van der Waals surface area contributed by atoms with Gasteiger partial charge in [0.1, 0.15) is 0 Å². The minimum absolute atomic E-state index is 0.0957. The minimum Gasteiger partial charge on any atom is -0.381 e. The third-order valence-electron chi connectivity index (χ3n) is 6.18. The van der Waals surface area contributed by atoms with E-state index in [0.717, 1.165) is 51.9 Å². The Hall–Kier alpha value is -1.39. The summed E-state index contributed by atoms with van der Waals surface area (Å²) in [5.74, 6) is 0.451. The summed E-state index contributed by atoms with van der Waals surface area (Å²) in [7, 11) is 0. The van der Waals surface area contributed by atoms with Crippen LogP contribution < -0.4 is 0 Å². The molecule has 136 valence electrons. The Morgan fingerprint density at radius 3 is 2.60 bits per heavy atom. The summed E-state index contributed by atoms with van der Waals surface area (Å²) in [6.07, 6.45) is 6.82. The van der Waals surface area contributed by atoms with Gasteiger partial charge in [-0.15, -0.1) is 0 Å². The molecular formula is C21H30N2O2. The molecule has 3 atom stereocenters. The van der Waals surface area contributed by atoms with Gasteiger partial charge < -0.3 is 9.64 Å². The Morgan fingerprint density at radius 1 is 1.00 bits per heavy atom. The maximum absolute atomic E-state index is 13.1. The van der Waals surface area contributed by atoms with Crippen LogP contribution in [0.2, 0.25) is 0 Å². The van der Waals surface area contributed by atoms with Crippen molar-refractivity contribution in [3.8, 4) is 0 Å². The summed E-state index contributed by atoms with van der Waals surface area (Å²) in [6.45, 7) is 4.55. The molecule has 0 N–H and O–H groups in total. The molecular weight excluding hydrogens is 312 g/mol. The van der Waals surface area contributed by atoms with Crippen LogP contribution in [0.5, 0.6) is 0 Å². The second-order valence-corrected chi connectivity index (χ2v) is 7.82. The van der Waals surface area contributed by atoms with Crippen molar-refractivity contribution in [1.82, 2.24) is 9.80 Å². The van der Waals surface area contributed by atoms with Gasteiger partial charge in [-0.25, -0.2) is 0 Å². The molecule has 25 heavy (non-hydrogen) atoms. The molecule has 0 unspecified atom stereocenters. The summed E-state index contributed by atoms with van der Waals surface area (Å²) < 4.78 is 5.57. The van der Waals surface area contributed by atoms with Crippen molar-refractivity contribution in [2.24, 2.45) is 5.92 Å². The lowest BCUT2D eigenvalue weighted by Gasteiger charge is -2.37. The molecule has 1 amide bonds. The minimum atomic E-state index is 0.0957. The predicted octanol–water partition coefficient (Wildman–Crippen LogP) is 3.07. The molecule has 3 saturated heterocycles. The van der Waals surface area contributed by atoms with Gasteiger partial charge in [0.25, 0.3) is 0 Å². The zero-order valence-corrected chi connectivity index (χ0v) is 15.1. The Balaban J connectivity index is 1.44. The highest BCUT2D eigenvalue weighted by Crippen LogP contribution is 2.32. The van der Waals surface area contributed by atoms with E-state index in [4.69, 9.17) is 4.74 Å². The van der Waals surface area contributed by atoms with Crippen LogP contribution >= 0.6 is 0 Å². The molecule has 0 saturated carbocycles. The predicted molar refractivity (Wildman–Crippen MR) is 98.2 cm³/mol. The first-order chi connectivity index (χ1) is 12.3. The SMILES string of the molecule is O=C([C@@H]1CCCOC1)N1CCC[C@@H]1[C@@H]1CCCN1Cc1ccccc1. The van der Waals surface area contributed by atoms with Crippen molar-refractivity contribution in [2.75, 3.05) is 26.3 Å². The molecule has 0 bridgehead atoms. The highest BCUT2D eigenvalue weighted by Gasteiger charge is 2.41. The van der Waals surface area contributed by atoms with Gasteiger partial charge in [0.05, 0.1) is 12.5 Å². The number of amides is 1. The molecule has 4 heteroatoms. The van der Waals surface area contributed by atoms with Gasteiger partial charge in [-0.05, 0) is 50.6 Å². The van der Waals surface area contributed by atoms with E-state index in [1.807, 2.05) is 0 Å². The zero-order valence-electron chi connectivity index (χ0n) is 15.1. The number of hydrogen-bond acceptors (Lipinski definition) is 3. The first-order valence-corrected chi connectivity index (χ1v) is 9.99. The van der Waals surface area contributed by atoms with Crippen molar-refractivity contribution in [1.29, 1.82) is 0 Å². The Labute approximate surface area is 151 Å². The van der Waals surface area contributed by atoms with E-state index in [-0.39, 0.29) is 5.92 Å². The first-order valence-electron chi connectivity index (χ1n) is 9.99. The number of carbonyl (C=O) groups is 1. The van der Waals surface area contributed by atoms with Crippen molar-refractivity contribution < 1.29 is 9.53 Å². The van der Waals surface area contributed by atoms with Crippen LogP contribution in [-0.2, 0) is 16.1 Å². The standard InChI is InChI=1S/C21H30N2O2/c24-21(18-9-6-14-25-16-18)23-13-5-11-20(23)19-10-4-12-22(19)15-17-7-2-1-3-8-17/h1-3,7-8,18-20H,4-6,9-16H2/t18-,19+,20-/m1/s1. The molecule has 0 spiro atoms. The molecule has 3 aliphatic heterocycles. The van der Waals surface area contributed by atoms with Gasteiger partial charge >= 0.3 is 0 Å². The number of benzene rings is 1. The molecule has 3 fully saturated rings. The Kier molecular flexibility index (Phi) is 5.37. The van der Waals surface area contributed by atoms with Crippen LogP contribution in [0, 0.1) is 5.92 Å². The van der Waals surface area contributed by atoms with Crippen LogP contribution in [0.15, 0.2) is 30.3 Å². The van der Waals surface area contributed by atoms with Gasteiger partial charge in [-0.2, -0.15) is 0 Å². The molecule has 1 aromatic carbocycles. The molecule has 3 heterocycles. The highest BCUT2D eigenvalue weighted by molar-refractivity contribution is 5.79. The van der Waals surface area contributed by atoms with Crippen LogP contribution in [0.3, 0.4) is 0 Å². The van der Waals surface area contributed by atoms with E-state index in [0.29, 0.717) is 24.6 Å². The van der Waals surface area contributed by atoms with Gasteiger partial charge in [-0.1, -0.05) is 30.3 Å². The molecule has 4 rings (SSSR count). The second-order valence-electron chi connectivity index (χ2n) is 7.82. The van der Waals surface area contributed by atoms with E-state index in [1.165, 1.54) is 18.4 Å². The number of ether oxygens (including phenoxy) is 1. The topological polar surface area (TPSA) is 32.8 Å². The first kappa shape index (κ1) is 17.0. The lowest BCUT2D eigenvalue weighted by Crippen LogP contribution is -2.50. The summed E-state index contributed by atoms with van der Waals surface area (Å²) in [5.41, 5.74) is 1.38. The van der Waals surface area contributed by atoms with Crippen LogP contribution in [0.1, 0.15) is 44.1 Å². The molecule has 3 aliphatic rings. The number of hydrogen-bond donors (Lipinski definition) is 0. The largest absolute Gasteiger partial charge is 0.381 e. The van der Waals surface area contributed by atoms with E-state index in [1.54, 1.807) is 0 Å². The van der Waals surface area contributed by atoms with Gasteiger partial charge in [0.15, 0.2) is 0 Å². The number of nitrogens with zero attached hydrogens (tertiary/aromatic N) is 2. The van der Waals surface area contributed by atoms with E-state index in [2.05, 4.69) is 40.1 Å². The van der Waals surface area contributed by atoms with Crippen molar-refractivity contribution >= 4 is 5.91 Å². The summed E-state index contributed by atoms with van der Waals surface area (Å²) in [5, 5.41) is 0. The van der Waals surface area contributed by atoms with Crippen molar-refractivity contribution in [3.63, 3.8) is 0 Å². The van der Waals surface area contributed by atoms with Crippen LogP contribution in [0.25, 0.3) is 0 Å². The van der Waals surface area contributed by atoms with Crippen LogP contribution in [-0.4, -0.2) is 54.1 Å². The second kappa shape index (κ2) is 7.88. The Bertz CT molecular complexity index is 571.